The summed E-state index contributed by atoms with van der Waals surface area (Å²) in [5.41, 5.74) is 1.49. The lowest BCUT2D eigenvalue weighted by atomic mass is 9.89. The van der Waals surface area contributed by atoms with Crippen LogP contribution in [0, 0.1) is 0 Å². The molecule has 0 radical (unpaired) electrons. The monoisotopic (exact) mass is 361 g/mol. The Balaban J connectivity index is 1.83. The fraction of sp³-hybridized carbons (Fsp3) is 0.600. The SMILES string of the molecule is COC(=O)c1ccc(CNC(=O)NCC2(N(C)C)CCCCCC2)cc1. The highest BCUT2D eigenvalue weighted by Crippen LogP contribution is 2.30. The Morgan fingerprint density at radius 3 is 2.19 bits per heavy atom. The predicted molar refractivity (Wildman–Crippen MR) is 102 cm³/mol. The van der Waals surface area contributed by atoms with E-state index in [4.69, 9.17) is 0 Å². The van der Waals surface area contributed by atoms with Gasteiger partial charge in [-0.1, -0.05) is 37.8 Å². The van der Waals surface area contributed by atoms with Gasteiger partial charge in [-0.3, -0.25) is 0 Å². The van der Waals surface area contributed by atoms with Gasteiger partial charge < -0.3 is 20.3 Å². The van der Waals surface area contributed by atoms with E-state index >= 15 is 0 Å². The lowest BCUT2D eigenvalue weighted by molar-refractivity contribution is 0.0600. The standard InChI is InChI=1S/C20H31N3O3/c1-23(2)20(12-6-4-5-7-13-20)15-22-19(25)21-14-16-8-10-17(11-9-16)18(24)26-3/h8-11H,4-7,12-15H2,1-3H3,(H2,21,22,25). The van der Waals surface area contributed by atoms with E-state index in [9.17, 15) is 9.59 Å². The van der Waals surface area contributed by atoms with Gasteiger partial charge in [0.05, 0.1) is 12.7 Å². The van der Waals surface area contributed by atoms with Gasteiger partial charge in [0.2, 0.25) is 0 Å². The number of hydrogen-bond acceptors (Lipinski definition) is 4. The van der Waals surface area contributed by atoms with Gasteiger partial charge in [-0.05, 0) is 44.6 Å². The van der Waals surface area contributed by atoms with Gasteiger partial charge in [-0.2, -0.15) is 0 Å². The van der Waals surface area contributed by atoms with Crippen LogP contribution in [0.1, 0.15) is 54.4 Å². The number of nitrogens with one attached hydrogen (secondary N) is 2. The number of urea groups is 1. The minimum absolute atomic E-state index is 0.0516. The van der Waals surface area contributed by atoms with Gasteiger partial charge in [0.1, 0.15) is 0 Å². The maximum Gasteiger partial charge on any atom is 0.337 e. The molecule has 1 aliphatic rings. The molecule has 0 saturated heterocycles. The molecule has 26 heavy (non-hydrogen) atoms. The van der Waals surface area contributed by atoms with Crippen molar-refractivity contribution in [2.75, 3.05) is 27.7 Å². The third-order valence-electron chi connectivity index (χ3n) is 5.39. The van der Waals surface area contributed by atoms with Crippen molar-refractivity contribution in [2.45, 2.75) is 50.6 Å². The van der Waals surface area contributed by atoms with Crippen LogP contribution < -0.4 is 10.6 Å². The van der Waals surface area contributed by atoms with Crippen molar-refractivity contribution in [3.05, 3.63) is 35.4 Å². The Kier molecular flexibility index (Phi) is 7.45. The summed E-state index contributed by atoms with van der Waals surface area (Å²) in [6, 6.07) is 6.88. The third kappa shape index (κ3) is 5.46. The van der Waals surface area contributed by atoms with E-state index in [2.05, 4.69) is 34.4 Å². The molecule has 1 fully saturated rings. The molecule has 2 rings (SSSR count). The second-order valence-electron chi connectivity index (χ2n) is 7.26. The van der Waals surface area contributed by atoms with Crippen molar-refractivity contribution in [3.63, 3.8) is 0 Å². The maximum atomic E-state index is 12.2. The molecule has 0 aliphatic heterocycles. The van der Waals surface area contributed by atoms with E-state index in [1.165, 1.54) is 32.8 Å². The highest BCUT2D eigenvalue weighted by molar-refractivity contribution is 5.89. The number of likely N-dealkylation sites (N-methyl/N-ethyl adjacent to an activating group) is 1. The van der Waals surface area contributed by atoms with Crippen molar-refractivity contribution >= 4 is 12.0 Å². The Hall–Kier alpha value is -2.08. The first kappa shape index (κ1) is 20.2. The highest BCUT2D eigenvalue weighted by atomic mass is 16.5. The van der Waals surface area contributed by atoms with Crippen molar-refractivity contribution in [2.24, 2.45) is 0 Å². The number of carbonyl (C=O) groups excluding carboxylic acids is 2. The normalized spacial score (nSPS) is 16.6. The molecule has 0 unspecified atom stereocenters. The minimum atomic E-state index is -0.361. The van der Waals surface area contributed by atoms with Gasteiger partial charge in [0, 0.05) is 18.6 Å². The van der Waals surface area contributed by atoms with Gasteiger partial charge in [-0.25, -0.2) is 9.59 Å². The van der Waals surface area contributed by atoms with E-state index in [1.54, 1.807) is 12.1 Å². The fourth-order valence-corrected chi connectivity index (χ4v) is 3.53. The summed E-state index contributed by atoms with van der Waals surface area (Å²) in [6.07, 6.45) is 7.24. The van der Waals surface area contributed by atoms with Gasteiger partial charge in [-0.15, -0.1) is 0 Å². The summed E-state index contributed by atoms with van der Waals surface area (Å²) in [6.45, 7) is 1.08. The molecular weight excluding hydrogens is 330 g/mol. The van der Waals surface area contributed by atoms with Crippen molar-refractivity contribution in [1.29, 1.82) is 0 Å². The summed E-state index contributed by atoms with van der Waals surface area (Å²) in [7, 11) is 5.57. The first-order valence-corrected chi connectivity index (χ1v) is 9.33. The van der Waals surface area contributed by atoms with Gasteiger partial charge in [0.25, 0.3) is 0 Å². The Bertz CT molecular complexity index is 591. The molecule has 2 N–H and O–H groups in total. The lowest BCUT2D eigenvalue weighted by Crippen LogP contribution is -2.53. The second-order valence-corrected chi connectivity index (χ2v) is 7.26. The zero-order valence-electron chi connectivity index (χ0n) is 16.1. The van der Waals surface area contributed by atoms with Gasteiger partial charge in [0.15, 0.2) is 0 Å². The average Bonchev–Trinajstić information content (AvgIpc) is 2.91. The number of carbonyl (C=O) groups is 2. The molecule has 1 saturated carbocycles. The number of amides is 2. The average molecular weight is 361 g/mol. The fourth-order valence-electron chi connectivity index (χ4n) is 3.53. The van der Waals surface area contributed by atoms with E-state index in [0.717, 1.165) is 18.4 Å². The van der Waals surface area contributed by atoms with E-state index in [1.807, 2.05) is 12.1 Å². The van der Waals surface area contributed by atoms with Crippen LogP contribution >= 0.6 is 0 Å². The highest BCUT2D eigenvalue weighted by Gasteiger charge is 2.33. The van der Waals surface area contributed by atoms with Crippen molar-refractivity contribution < 1.29 is 14.3 Å². The predicted octanol–water partition coefficient (Wildman–Crippen LogP) is 2.93. The van der Waals surface area contributed by atoms with Crippen LogP contribution in [0.15, 0.2) is 24.3 Å². The van der Waals surface area contributed by atoms with Gasteiger partial charge >= 0.3 is 12.0 Å². The third-order valence-corrected chi connectivity index (χ3v) is 5.39. The van der Waals surface area contributed by atoms with Crippen molar-refractivity contribution in [1.82, 2.24) is 15.5 Å². The number of rotatable bonds is 6. The summed E-state index contributed by atoms with van der Waals surface area (Å²) in [4.78, 5) is 25.9. The van der Waals surface area contributed by atoms with Crippen LogP contribution in [0.4, 0.5) is 4.79 Å². The molecule has 1 aromatic rings. The minimum Gasteiger partial charge on any atom is -0.465 e. The smallest absolute Gasteiger partial charge is 0.337 e. The van der Waals surface area contributed by atoms with Crippen LogP contribution in [0.3, 0.4) is 0 Å². The molecule has 1 aliphatic carbocycles. The first-order chi connectivity index (χ1) is 12.5. The number of ether oxygens (including phenoxy) is 1. The number of benzene rings is 1. The number of nitrogens with zero attached hydrogens (tertiary/aromatic N) is 1. The molecule has 0 aromatic heterocycles. The summed E-state index contributed by atoms with van der Waals surface area (Å²) in [5.74, 6) is -0.361. The second kappa shape index (κ2) is 9.57. The molecule has 6 nitrogen and oxygen atoms in total. The summed E-state index contributed by atoms with van der Waals surface area (Å²) < 4.78 is 4.68. The molecule has 0 bridgehead atoms. The van der Waals surface area contributed by atoms with Crippen LogP contribution in [-0.4, -0.2) is 50.2 Å². The summed E-state index contributed by atoms with van der Waals surface area (Å²) >= 11 is 0. The molecule has 2 amide bonds. The van der Waals surface area contributed by atoms with E-state index < -0.39 is 0 Å². The Morgan fingerprint density at radius 1 is 1.04 bits per heavy atom. The topological polar surface area (TPSA) is 70.7 Å². The number of esters is 1. The van der Waals surface area contributed by atoms with E-state index in [0.29, 0.717) is 18.7 Å². The summed E-state index contributed by atoms with van der Waals surface area (Å²) in [5, 5.41) is 5.93. The van der Waals surface area contributed by atoms with E-state index in [-0.39, 0.29) is 17.5 Å². The van der Waals surface area contributed by atoms with Crippen LogP contribution in [0.2, 0.25) is 0 Å². The molecule has 6 heteroatoms. The molecular formula is C20H31N3O3. The maximum absolute atomic E-state index is 12.2. The Labute approximate surface area is 156 Å². The zero-order valence-corrected chi connectivity index (χ0v) is 16.1. The molecule has 0 spiro atoms. The first-order valence-electron chi connectivity index (χ1n) is 9.33. The molecule has 0 atom stereocenters. The lowest BCUT2D eigenvalue weighted by Gasteiger charge is -2.39. The zero-order chi connectivity index (χ0) is 19.0. The molecule has 0 heterocycles. The van der Waals surface area contributed by atoms with Crippen molar-refractivity contribution in [3.8, 4) is 0 Å². The largest absolute Gasteiger partial charge is 0.465 e. The molecule has 1 aromatic carbocycles. The molecule has 144 valence electrons. The van der Waals surface area contributed by atoms with Crippen LogP contribution in [0.25, 0.3) is 0 Å². The number of methoxy groups -OCH3 is 1. The quantitative estimate of drug-likeness (QED) is 0.604. The Morgan fingerprint density at radius 2 is 1.65 bits per heavy atom. The van der Waals surface area contributed by atoms with Crippen LogP contribution in [0.5, 0.6) is 0 Å². The number of hydrogen-bond donors (Lipinski definition) is 2. The van der Waals surface area contributed by atoms with Crippen LogP contribution in [-0.2, 0) is 11.3 Å².